The number of benzene rings is 3. The highest BCUT2D eigenvalue weighted by Gasteiger charge is 2.12. The van der Waals surface area contributed by atoms with Crippen molar-refractivity contribution >= 4 is 17.2 Å². The molecule has 0 aliphatic heterocycles. The van der Waals surface area contributed by atoms with Crippen molar-refractivity contribution in [3.8, 4) is 28.1 Å². The predicted octanol–water partition coefficient (Wildman–Crippen LogP) is 6.30. The summed E-state index contributed by atoms with van der Waals surface area (Å²) in [6.07, 6.45) is 3.63. The lowest BCUT2D eigenvalue weighted by molar-refractivity contribution is 0.306. The van der Waals surface area contributed by atoms with Crippen LogP contribution in [-0.4, -0.2) is 14.6 Å². The minimum absolute atomic E-state index is 0.543. The van der Waals surface area contributed by atoms with Crippen molar-refractivity contribution in [2.45, 2.75) is 6.61 Å². The van der Waals surface area contributed by atoms with E-state index in [4.69, 9.17) is 16.3 Å². The van der Waals surface area contributed by atoms with Crippen LogP contribution in [0.3, 0.4) is 0 Å². The molecule has 0 radical (unpaired) electrons. The van der Waals surface area contributed by atoms with Gasteiger partial charge in [-0.15, -0.1) is 0 Å². The van der Waals surface area contributed by atoms with Crippen LogP contribution in [0.1, 0.15) is 5.56 Å². The highest BCUT2D eigenvalue weighted by Crippen LogP contribution is 2.29. The second-order valence-corrected chi connectivity index (χ2v) is 7.37. The fourth-order valence-corrected chi connectivity index (χ4v) is 3.62. The molecule has 0 spiro atoms. The van der Waals surface area contributed by atoms with Gasteiger partial charge in [-0.2, -0.15) is 5.10 Å². The number of fused-ring (bicyclic) bond motifs is 1. The molecule has 0 atom stereocenters. The minimum Gasteiger partial charge on any atom is -0.489 e. The minimum atomic E-state index is 0.543. The number of halogens is 1. The van der Waals surface area contributed by atoms with Gasteiger partial charge < -0.3 is 4.74 Å². The molecule has 2 heterocycles. The molecule has 30 heavy (non-hydrogen) atoms. The van der Waals surface area contributed by atoms with Gasteiger partial charge in [-0.25, -0.2) is 9.50 Å². The van der Waals surface area contributed by atoms with Crippen LogP contribution in [0.5, 0.6) is 5.75 Å². The summed E-state index contributed by atoms with van der Waals surface area (Å²) in [7, 11) is 0. The van der Waals surface area contributed by atoms with Crippen molar-refractivity contribution in [1.29, 1.82) is 0 Å². The maximum absolute atomic E-state index is 6.16. The molecule has 146 valence electrons. The topological polar surface area (TPSA) is 39.4 Å². The van der Waals surface area contributed by atoms with E-state index in [0.717, 1.165) is 39.3 Å². The maximum atomic E-state index is 6.16. The second-order valence-electron chi connectivity index (χ2n) is 6.93. The van der Waals surface area contributed by atoms with Gasteiger partial charge in [0.25, 0.3) is 0 Å². The van der Waals surface area contributed by atoms with Gasteiger partial charge in [0, 0.05) is 22.3 Å². The molecule has 0 fully saturated rings. The molecule has 0 saturated heterocycles. The summed E-state index contributed by atoms with van der Waals surface area (Å²) < 4.78 is 7.75. The smallest absolute Gasteiger partial charge is 0.163 e. The van der Waals surface area contributed by atoms with E-state index in [1.165, 1.54) is 0 Å². The van der Waals surface area contributed by atoms with Crippen LogP contribution in [-0.2, 0) is 6.61 Å². The zero-order chi connectivity index (χ0) is 20.3. The Morgan fingerprint density at radius 1 is 0.833 bits per heavy atom. The van der Waals surface area contributed by atoms with Crippen LogP contribution in [0, 0.1) is 0 Å². The first-order chi connectivity index (χ1) is 14.8. The zero-order valence-corrected chi connectivity index (χ0v) is 16.8. The van der Waals surface area contributed by atoms with Crippen molar-refractivity contribution in [3.05, 3.63) is 108 Å². The average molecular weight is 412 g/mol. The van der Waals surface area contributed by atoms with Gasteiger partial charge in [0.05, 0.1) is 11.9 Å². The van der Waals surface area contributed by atoms with E-state index >= 15 is 0 Å². The molecule has 0 N–H and O–H groups in total. The number of ether oxygens (including phenoxy) is 1. The molecule has 0 bridgehead atoms. The van der Waals surface area contributed by atoms with E-state index in [0.29, 0.717) is 11.6 Å². The van der Waals surface area contributed by atoms with Gasteiger partial charge in [0.1, 0.15) is 12.4 Å². The molecule has 5 aromatic rings. The Kier molecular flexibility index (Phi) is 4.91. The van der Waals surface area contributed by atoms with Crippen molar-refractivity contribution < 1.29 is 4.74 Å². The van der Waals surface area contributed by atoms with E-state index in [9.17, 15) is 0 Å². The molecule has 0 aliphatic rings. The first kappa shape index (κ1) is 18.4. The normalized spacial score (nSPS) is 11.0. The molecule has 0 unspecified atom stereocenters. The molecule has 4 nitrogen and oxygen atoms in total. The van der Waals surface area contributed by atoms with Gasteiger partial charge in [0.15, 0.2) is 5.65 Å². The molecule has 0 aliphatic carbocycles. The van der Waals surface area contributed by atoms with E-state index in [-0.39, 0.29) is 0 Å². The Hall–Kier alpha value is -3.63. The third-order valence-corrected chi connectivity index (χ3v) is 5.17. The quantitative estimate of drug-likeness (QED) is 0.341. The summed E-state index contributed by atoms with van der Waals surface area (Å²) in [5, 5.41) is 5.27. The van der Waals surface area contributed by atoms with E-state index in [2.05, 4.69) is 22.2 Å². The molecule has 2 aromatic heterocycles. The highest BCUT2D eigenvalue weighted by molar-refractivity contribution is 6.30. The van der Waals surface area contributed by atoms with Crippen LogP contribution in [0.15, 0.2) is 97.3 Å². The van der Waals surface area contributed by atoms with Crippen molar-refractivity contribution in [2.24, 2.45) is 0 Å². The summed E-state index contributed by atoms with van der Waals surface area (Å²) in [5.74, 6) is 0.827. The molecular weight excluding hydrogens is 394 g/mol. The number of rotatable bonds is 5. The number of aromatic nitrogens is 3. The lowest BCUT2D eigenvalue weighted by atomic mass is 10.1. The van der Waals surface area contributed by atoms with Crippen LogP contribution in [0.2, 0.25) is 5.02 Å². The first-order valence-corrected chi connectivity index (χ1v) is 10.0. The van der Waals surface area contributed by atoms with Crippen LogP contribution < -0.4 is 4.74 Å². The third-order valence-electron chi connectivity index (χ3n) is 4.94. The monoisotopic (exact) mass is 411 g/mol. The Morgan fingerprint density at radius 3 is 2.47 bits per heavy atom. The first-order valence-electron chi connectivity index (χ1n) is 9.64. The van der Waals surface area contributed by atoms with Gasteiger partial charge in [-0.05, 0) is 53.6 Å². The SMILES string of the molecule is Clc1cccc(-c2cnn3c(-c4ccc(OCc5ccccc5)cc4)ccnc23)c1. The molecular formula is C25H18ClN3O. The van der Waals surface area contributed by atoms with Crippen molar-refractivity contribution in [3.63, 3.8) is 0 Å². The number of nitrogens with zero attached hydrogens (tertiary/aromatic N) is 3. The van der Waals surface area contributed by atoms with Crippen molar-refractivity contribution in [1.82, 2.24) is 14.6 Å². The van der Waals surface area contributed by atoms with Gasteiger partial charge in [-0.3, -0.25) is 0 Å². The highest BCUT2D eigenvalue weighted by atomic mass is 35.5. The third kappa shape index (κ3) is 3.65. The van der Waals surface area contributed by atoms with E-state index < -0.39 is 0 Å². The van der Waals surface area contributed by atoms with Gasteiger partial charge in [-0.1, -0.05) is 54.1 Å². The van der Waals surface area contributed by atoms with Crippen molar-refractivity contribution in [2.75, 3.05) is 0 Å². The molecule has 5 rings (SSSR count). The zero-order valence-electron chi connectivity index (χ0n) is 16.1. The van der Waals surface area contributed by atoms with Gasteiger partial charge >= 0.3 is 0 Å². The fourth-order valence-electron chi connectivity index (χ4n) is 3.43. The lowest BCUT2D eigenvalue weighted by Crippen LogP contribution is -1.97. The van der Waals surface area contributed by atoms with Crippen LogP contribution in [0.4, 0.5) is 0 Å². The molecule has 0 amide bonds. The summed E-state index contributed by atoms with van der Waals surface area (Å²) in [5.41, 5.74) is 5.87. The molecule has 3 aromatic carbocycles. The Balaban J connectivity index is 1.43. The number of hydrogen-bond acceptors (Lipinski definition) is 3. The Bertz CT molecular complexity index is 1300. The fraction of sp³-hybridized carbons (Fsp3) is 0.0400. The Labute approximate surface area is 179 Å². The van der Waals surface area contributed by atoms with Crippen LogP contribution >= 0.6 is 11.6 Å². The number of hydrogen-bond donors (Lipinski definition) is 0. The largest absolute Gasteiger partial charge is 0.489 e. The summed E-state index contributed by atoms with van der Waals surface area (Å²) in [4.78, 5) is 4.55. The summed E-state index contributed by atoms with van der Waals surface area (Å²) in [6.45, 7) is 0.543. The van der Waals surface area contributed by atoms with Gasteiger partial charge in [0.2, 0.25) is 0 Å². The van der Waals surface area contributed by atoms with Crippen LogP contribution in [0.25, 0.3) is 28.0 Å². The standard InChI is InChI=1S/C25H18ClN3O/c26-21-8-4-7-20(15-21)23-16-28-29-24(13-14-27-25(23)29)19-9-11-22(12-10-19)30-17-18-5-2-1-3-6-18/h1-16H,17H2. The Morgan fingerprint density at radius 2 is 1.67 bits per heavy atom. The average Bonchev–Trinajstić information content (AvgIpc) is 3.23. The van der Waals surface area contributed by atoms with E-state index in [1.807, 2.05) is 83.5 Å². The second kappa shape index (κ2) is 8.01. The molecule has 0 saturated carbocycles. The molecule has 5 heteroatoms. The predicted molar refractivity (Wildman–Crippen MR) is 120 cm³/mol. The summed E-state index contributed by atoms with van der Waals surface area (Å²) >= 11 is 6.16. The lowest BCUT2D eigenvalue weighted by Gasteiger charge is -2.09. The van der Waals surface area contributed by atoms with E-state index in [1.54, 1.807) is 6.20 Å². The maximum Gasteiger partial charge on any atom is 0.163 e. The summed E-state index contributed by atoms with van der Waals surface area (Å²) in [6, 6.07) is 27.8.